The summed E-state index contributed by atoms with van der Waals surface area (Å²) in [5, 5.41) is 16.6. The van der Waals surface area contributed by atoms with Gasteiger partial charge in [-0.15, -0.1) is 24.0 Å². The third-order valence-electron chi connectivity index (χ3n) is 4.49. The van der Waals surface area contributed by atoms with Crippen molar-refractivity contribution in [2.45, 2.75) is 25.9 Å². The van der Waals surface area contributed by atoms with Crippen molar-refractivity contribution in [2.24, 2.45) is 4.99 Å². The number of benzene rings is 2. The molecule has 1 atom stereocenters. The van der Waals surface area contributed by atoms with Crippen LogP contribution in [0, 0.1) is 0 Å². The average Bonchev–Trinajstić information content (AvgIpc) is 3.10. The molecule has 6 nitrogen and oxygen atoms in total. The van der Waals surface area contributed by atoms with Crippen LogP contribution in [0.1, 0.15) is 18.1 Å². The van der Waals surface area contributed by atoms with Crippen LogP contribution in [0.25, 0.3) is 0 Å². The number of aliphatic imine (C=N–C) groups is 1. The summed E-state index contributed by atoms with van der Waals surface area (Å²) < 4.78 is 11.1. The van der Waals surface area contributed by atoms with Gasteiger partial charge in [-0.05, 0) is 36.6 Å². The molecule has 3 N–H and O–H groups in total. The molecule has 0 spiro atoms. The Bertz CT molecular complexity index is 773. The molecule has 0 fully saturated rings. The Hall–Kier alpha value is -2.16. The second-order valence-electron chi connectivity index (χ2n) is 6.44. The molecule has 2 aromatic carbocycles. The summed E-state index contributed by atoms with van der Waals surface area (Å²) in [6, 6.07) is 13.5. The molecule has 152 valence electrons. The number of hydrogen-bond donors (Lipinski definition) is 3. The van der Waals surface area contributed by atoms with Gasteiger partial charge in [0.2, 0.25) is 0 Å². The molecular weight excluding hydrogens is 469 g/mol. The summed E-state index contributed by atoms with van der Waals surface area (Å²) in [5.74, 6) is 2.61. The highest BCUT2D eigenvalue weighted by atomic mass is 127. The molecule has 0 radical (unpaired) electrons. The molecular formula is C21H28IN3O3. The number of nitrogens with zero attached hydrogens (tertiary/aromatic N) is 1. The lowest BCUT2D eigenvalue weighted by Gasteiger charge is -2.14. The largest absolute Gasteiger partial charge is 0.508 e. The van der Waals surface area contributed by atoms with Gasteiger partial charge in [-0.25, -0.2) is 4.99 Å². The Balaban J connectivity index is 0.00000280. The van der Waals surface area contributed by atoms with Crippen LogP contribution < -0.4 is 20.1 Å². The lowest BCUT2D eigenvalue weighted by atomic mass is 10.1. The van der Waals surface area contributed by atoms with Gasteiger partial charge in [0.15, 0.2) is 5.96 Å². The minimum Gasteiger partial charge on any atom is -0.508 e. The summed E-state index contributed by atoms with van der Waals surface area (Å²) >= 11 is 0. The normalized spacial score (nSPS) is 15.2. The molecule has 1 unspecified atom stereocenters. The van der Waals surface area contributed by atoms with Crippen LogP contribution >= 0.6 is 24.0 Å². The first-order chi connectivity index (χ1) is 13.2. The van der Waals surface area contributed by atoms with Gasteiger partial charge in [0.1, 0.15) is 23.4 Å². The van der Waals surface area contributed by atoms with E-state index in [4.69, 9.17) is 9.47 Å². The maximum atomic E-state index is 10.1. The maximum absolute atomic E-state index is 10.1. The van der Waals surface area contributed by atoms with Crippen LogP contribution in [0.3, 0.4) is 0 Å². The predicted molar refractivity (Wildman–Crippen MR) is 122 cm³/mol. The van der Waals surface area contributed by atoms with Crippen molar-refractivity contribution in [1.82, 2.24) is 10.6 Å². The Morgan fingerprint density at radius 2 is 2.07 bits per heavy atom. The number of rotatable bonds is 7. The number of halogens is 1. The number of para-hydroxylation sites is 1. The van der Waals surface area contributed by atoms with Crippen LogP contribution in [0.5, 0.6) is 17.2 Å². The van der Waals surface area contributed by atoms with Gasteiger partial charge in [-0.3, -0.25) is 0 Å². The molecule has 0 saturated heterocycles. The molecule has 0 bridgehead atoms. The molecule has 0 aliphatic carbocycles. The number of methoxy groups -OCH3 is 1. The summed E-state index contributed by atoms with van der Waals surface area (Å²) in [7, 11) is 1.59. The number of hydrogen-bond acceptors (Lipinski definition) is 4. The van der Waals surface area contributed by atoms with E-state index in [9.17, 15) is 5.11 Å². The molecule has 7 heteroatoms. The second-order valence-corrected chi connectivity index (χ2v) is 6.44. The minimum atomic E-state index is 0. The summed E-state index contributed by atoms with van der Waals surface area (Å²) in [6.45, 7) is 4.08. The molecule has 2 aromatic rings. The molecule has 1 heterocycles. The van der Waals surface area contributed by atoms with E-state index in [0.29, 0.717) is 25.3 Å². The summed E-state index contributed by atoms with van der Waals surface area (Å²) in [5.41, 5.74) is 2.11. The van der Waals surface area contributed by atoms with E-state index >= 15 is 0 Å². The fourth-order valence-corrected chi connectivity index (χ4v) is 3.09. The van der Waals surface area contributed by atoms with E-state index in [1.165, 1.54) is 5.56 Å². The van der Waals surface area contributed by atoms with Crippen LogP contribution in [0.15, 0.2) is 47.5 Å². The quantitative estimate of drug-likeness (QED) is 0.312. The highest BCUT2D eigenvalue weighted by Gasteiger charge is 2.21. The van der Waals surface area contributed by atoms with Gasteiger partial charge in [-0.1, -0.05) is 24.3 Å². The number of fused-ring (bicyclic) bond motifs is 1. The molecule has 3 rings (SSSR count). The molecule has 0 aromatic heterocycles. The van der Waals surface area contributed by atoms with Gasteiger partial charge in [0.25, 0.3) is 0 Å². The number of phenolic OH excluding ortho intramolecular Hbond substituents is 1. The standard InChI is InChI=1S/C21H27N3O3.HI/c1-3-22-21(23-11-10-15-8-9-17(26-2)13-19(15)25)24-14-18-12-16-6-4-5-7-20(16)27-18;/h4-9,13,18,25H,3,10-12,14H2,1-2H3,(H2,22,23,24);1H. The van der Waals surface area contributed by atoms with Crippen molar-refractivity contribution in [3.63, 3.8) is 0 Å². The van der Waals surface area contributed by atoms with E-state index < -0.39 is 0 Å². The third-order valence-corrected chi connectivity index (χ3v) is 4.49. The third kappa shape index (κ3) is 5.92. The Kier molecular flexibility index (Phi) is 8.69. The summed E-state index contributed by atoms with van der Waals surface area (Å²) in [4.78, 5) is 4.65. The smallest absolute Gasteiger partial charge is 0.191 e. The fourth-order valence-electron chi connectivity index (χ4n) is 3.09. The highest BCUT2D eigenvalue weighted by molar-refractivity contribution is 14.0. The van der Waals surface area contributed by atoms with E-state index in [-0.39, 0.29) is 35.8 Å². The topological polar surface area (TPSA) is 75.1 Å². The first-order valence-corrected chi connectivity index (χ1v) is 9.32. The van der Waals surface area contributed by atoms with Gasteiger partial charge < -0.3 is 25.2 Å². The number of aromatic hydroxyl groups is 1. The Morgan fingerprint density at radius 3 is 2.79 bits per heavy atom. The summed E-state index contributed by atoms with van der Waals surface area (Å²) in [6.07, 6.45) is 1.65. The van der Waals surface area contributed by atoms with Crippen molar-refractivity contribution in [3.05, 3.63) is 53.6 Å². The van der Waals surface area contributed by atoms with Gasteiger partial charge in [0.05, 0.1) is 13.7 Å². The zero-order valence-electron chi connectivity index (χ0n) is 16.3. The van der Waals surface area contributed by atoms with Crippen LogP contribution in [-0.4, -0.2) is 43.9 Å². The van der Waals surface area contributed by atoms with Crippen molar-refractivity contribution in [3.8, 4) is 17.2 Å². The van der Waals surface area contributed by atoms with E-state index in [2.05, 4.69) is 21.7 Å². The highest BCUT2D eigenvalue weighted by Crippen LogP contribution is 2.28. The molecule has 28 heavy (non-hydrogen) atoms. The number of ether oxygens (including phenoxy) is 2. The van der Waals surface area contributed by atoms with Crippen molar-refractivity contribution < 1.29 is 14.6 Å². The lowest BCUT2D eigenvalue weighted by molar-refractivity contribution is 0.241. The fraction of sp³-hybridized carbons (Fsp3) is 0.381. The monoisotopic (exact) mass is 497 g/mol. The van der Waals surface area contributed by atoms with Crippen molar-refractivity contribution >= 4 is 29.9 Å². The zero-order valence-corrected chi connectivity index (χ0v) is 18.6. The lowest BCUT2D eigenvalue weighted by Crippen LogP contribution is -2.39. The van der Waals surface area contributed by atoms with Crippen LogP contribution in [0.4, 0.5) is 0 Å². The minimum absolute atomic E-state index is 0. The molecule has 1 aliphatic heterocycles. The first kappa shape index (κ1) is 22.1. The number of guanidine groups is 1. The first-order valence-electron chi connectivity index (χ1n) is 9.32. The van der Waals surface area contributed by atoms with Crippen molar-refractivity contribution in [1.29, 1.82) is 0 Å². The second kappa shape index (κ2) is 11.0. The van der Waals surface area contributed by atoms with E-state index in [1.807, 2.05) is 37.3 Å². The van der Waals surface area contributed by atoms with Gasteiger partial charge in [-0.2, -0.15) is 0 Å². The van der Waals surface area contributed by atoms with Gasteiger partial charge in [0, 0.05) is 25.6 Å². The van der Waals surface area contributed by atoms with Crippen molar-refractivity contribution in [2.75, 3.05) is 26.7 Å². The number of phenols is 1. The Morgan fingerprint density at radius 1 is 1.25 bits per heavy atom. The van der Waals surface area contributed by atoms with E-state index in [1.54, 1.807) is 13.2 Å². The van der Waals surface area contributed by atoms with Gasteiger partial charge >= 0.3 is 0 Å². The molecule has 0 saturated carbocycles. The molecule has 1 aliphatic rings. The van der Waals surface area contributed by atoms with Crippen LogP contribution in [-0.2, 0) is 12.8 Å². The molecule has 0 amide bonds. The van der Waals surface area contributed by atoms with E-state index in [0.717, 1.165) is 30.2 Å². The average molecular weight is 497 g/mol. The Labute approximate surface area is 183 Å². The predicted octanol–water partition coefficient (Wildman–Crippen LogP) is 3.12. The maximum Gasteiger partial charge on any atom is 0.191 e. The zero-order chi connectivity index (χ0) is 19.1. The number of nitrogens with one attached hydrogen (secondary N) is 2. The van der Waals surface area contributed by atoms with Crippen LogP contribution in [0.2, 0.25) is 0 Å². The SMILES string of the molecule is CCNC(=NCC1Cc2ccccc2O1)NCCc1ccc(OC)cc1O.I.